The second-order valence-electron chi connectivity index (χ2n) is 7.71. The second-order valence-corrected chi connectivity index (χ2v) is 7.71. The van der Waals surface area contributed by atoms with Crippen LogP contribution in [0, 0.1) is 5.82 Å². The van der Waals surface area contributed by atoms with Gasteiger partial charge in [0.05, 0.1) is 7.11 Å². The van der Waals surface area contributed by atoms with E-state index in [1.165, 1.54) is 6.07 Å². The van der Waals surface area contributed by atoms with Gasteiger partial charge in [-0.1, -0.05) is 0 Å². The number of carbonyl (C=O) groups is 1. The fourth-order valence-corrected chi connectivity index (χ4v) is 4.01. The van der Waals surface area contributed by atoms with E-state index in [4.69, 9.17) is 9.47 Å². The van der Waals surface area contributed by atoms with Crippen LogP contribution < -0.4 is 10.1 Å². The normalized spacial score (nSPS) is 19.3. The van der Waals surface area contributed by atoms with Gasteiger partial charge in [-0.15, -0.1) is 10.2 Å². The number of halogens is 1. The summed E-state index contributed by atoms with van der Waals surface area (Å²) in [6.45, 7) is 3.99. The Morgan fingerprint density at radius 1 is 1.33 bits per heavy atom. The molecule has 1 aromatic carbocycles. The Morgan fingerprint density at radius 2 is 2.23 bits per heavy atom. The van der Waals surface area contributed by atoms with E-state index < -0.39 is 0 Å². The zero-order valence-electron chi connectivity index (χ0n) is 17.3. The van der Waals surface area contributed by atoms with Crippen LogP contribution in [0.1, 0.15) is 30.1 Å². The van der Waals surface area contributed by atoms with E-state index in [2.05, 4.69) is 25.0 Å². The first-order valence-corrected chi connectivity index (χ1v) is 10.5. The molecule has 1 aromatic heterocycles. The Labute approximate surface area is 175 Å². The lowest BCUT2D eigenvalue weighted by molar-refractivity contribution is -0.130. The first kappa shape index (κ1) is 20.7. The molecule has 0 radical (unpaired) electrons. The van der Waals surface area contributed by atoms with Gasteiger partial charge in [0.2, 0.25) is 5.91 Å². The lowest BCUT2D eigenvalue weighted by Gasteiger charge is -2.20. The topological polar surface area (TPSA) is 81.5 Å². The number of nitrogens with zero attached hydrogens (tertiary/aromatic N) is 4. The highest BCUT2D eigenvalue weighted by Gasteiger charge is 2.24. The predicted molar refractivity (Wildman–Crippen MR) is 108 cm³/mol. The molecule has 2 aromatic rings. The summed E-state index contributed by atoms with van der Waals surface area (Å²) in [7, 11) is 1.58. The third kappa shape index (κ3) is 4.79. The molecule has 8 nitrogen and oxygen atoms in total. The number of methoxy groups -OCH3 is 1. The minimum atomic E-state index is -0.314. The molecule has 1 amide bonds. The maximum absolute atomic E-state index is 14.2. The molecule has 4 rings (SSSR count). The van der Waals surface area contributed by atoms with Crippen LogP contribution in [0.4, 0.5) is 4.39 Å². The summed E-state index contributed by atoms with van der Waals surface area (Å²) in [6, 6.07) is 4.83. The Balaban J connectivity index is 1.32. The van der Waals surface area contributed by atoms with E-state index in [-0.39, 0.29) is 17.8 Å². The molecular weight excluding hydrogens is 389 g/mol. The van der Waals surface area contributed by atoms with E-state index in [1.54, 1.807) is 19.2 Å². The number of benzene rings is 1. The highest BCUT2D eigenvalue weighted by Crippen LogP contribution is 2.19. The molecule has 162 valence electrons. The fourth-order valence-electron chi connectivity index (χ4n) is 4.01. The van der Waals surface area contributed by atoms with Crippen molar-refractivity contribution in [2.75, 3.05) is 33.4 Å². The molecule has 1 saturated heterocycles. The van der Waals surface area contributed by atoms with Crippen molar-refractivity contribution in [1.82, 2.24) is 25.0 Å². The van der Waals surface area contributed by atoms with Gasteiger partial charge in [0.15, 0.2) is 0 Å². The number of carbonyl (C=O) groups excluding carboxylic acids is 1. The van der Waals surface area contributed by atoms with Crippen LogP contribution in [0.15, 0.2) is 18.2 Å². The van der Waals surface area contributed by atoms with Crippen LogP contribution >= 0.6 is 0 Å². The largest absolute Gasteiger partial charge is 0.497 e. The minimum Gasteiger partial charge on any atom is -0.497 e. The van der Waals surface area contributed by atoms with Crippen molar-refractivity contribution in [3.05, 3.63) is 41.2 Å². The van der Waals surface area contributed by atoms with E-state index in [0.29, 0.717) is 37.4 Å². The van der Waals surface area contributed by atoms with Crippen LogP contribution in [-0.2, 0) is 35.5 Å². The van der Waals surface area contributed by atoms with E-state index in [1.807, 2.05) is 0 Å². The van der Waals surface area contributed by atoms with Gasteiger partial charge in [0, 0.05) is 57.7 Å². The molecular formula is C21H28FN5O3. The summed E-state index contributed by atoms with van der Waals surface area (Å²) in [6.07, 6.45) is 2.78. The zero-order valence-corrected chi connectivity index (χ0v) is 17.3. The van der Waals surface area contributed by atoms with Crippen LogP contribution in [0.5, 0.6) is 5.75 Å². The van der Waals surface area contributed by atoms with Gasteiger partial charge in [0.25, 0.3) is 0 Å². The number of nitrogens with one attached hydrogen (secondary N) is 1. The van der Waals surface area contributed by atoms with Crippen LogP contribution in [0.3, 0.4) is 0 Å². The van der Waals surface area contributed by atoms with Crippen molar-refractivity contribution in [2.24, 2.45) is 0 Å². The number of hydrogen-bond acceptors (Lipinski definition) is 6. The van der Waals surface area contributed by atoms with Crippen molar-refractivity contribution in [2.45, 2.75) is 44.9 Å². The molecule has 0 bridgehead atoms. The van der Waals surface area contributed by atoms with E-state index in [9.17, 15) is 9.18 Å². The Morgan fingerprint density at radius 3 is 3.03 bits per heavy atom. The van der Waals surface area contributed by atoms with Crippen LogP contribution in [0.25, 0.3) is 0 Å². The number of amides is 1. The average Bonchev–Trinajstić information content (AvgIpc) is 3.38. The maximum atomic E-state index is 14.2. The first-order chi connectivity index (χ1) is 14.6. The standard InChI is InChI=1S/C21H28FN5O3/c1-29-16-4-5-17(22)15(13-16)14-26-9-7-20-25-24-19(27(20)11-10-26)6-8-23-21(28)18-3-2-12-30-18/h4-5,13,18H,2-3,6-12,14H2,1H3,(H,23,28)/t18-/m0/s1. The monoisotopic (exact) mass is 417 g/mol. The quantitative estimate of drug-likeness (QED) is 0.732. The SMILES string of the molecule is COc1ccc(F)c(CN2CCc3nnc(CCNC(=O)[C@@H]4CCCO4)n3CC2)c1. The van der Waals surface area contributed by atoms with Gasteiger partial charge in [-0.3, -0.25) is 9.69 Å². The molecule has 1 fully saturated rings. The van der Waals surface area contributed by atoms with Gasteiger partial charge in [0.1, 0.15) is 29.3 Å². The molecule has 1 atom stereocenters. The van der Waals surface area contributed by atoms with Crippen LogP contribution in [0.2, 0.25) is 0 Å². The summed E-state index contributed by atoms with van der Waals surface area (Å²) in [5.41, 5.74) is 0.629. The summed E-state index contributed by atoms with van der Waals surface area (Å²) < 4.78 is 26.9. The lowest BCUT2D eigenvalue weighted by atomic mass is 10.2. The van der Waals surface area contributed by atoms with Gasteiger partial charge >= 0.3 is 0 Å². The first-order valence-electron chi connectivity index (χ1n) is 10.5. The van der Waals surface area contributed by atoms with Crippen molar-refractivity contribution >= 4 is 5.91 Å². The molecule has 3 heterocycles. The minimum absolute atomic E-state index is 0.0467. The highest BCUT2D eigenvalue weighted by molar-refractivity contribution is 5.80. The van der Waals surface area contributed by atoms with E-state index in [0.717, 1.165) is 50.5 Å². The lowest BCUT2D eigenvalue weighted by Crippen LogP contribution is -2.35. The Bertz CT molecular complexity index is 882. The fraction of sp³-hybridized carbons (Fsp3) is 0.571. The van der Waals surface area contributed by atoms with Crippen LogP contribution in [-0.4, -0.2) is 65.0 Å². The Hall–Kier alpha value is -2.52. The summed E-state index contributed by atoms with van der Waals surface area (Å²) >= 11 is 0. The van der Waals surface area contributed by atoms with Crippen molar-refractivity contribution in [3.63, 3.8) is 0 Å². The zero-order chi connectivity index (χ0) is 20.9. The second kappa shape index (κ2) is 9.53. The third-order valence-electron chi connectivity index (χ3n) is 5.71. The third-order valence-corrected chi connectivity index (χ3v) is 5.71. The smallest absolute Gasteiger partial charge is 0.249 e. The number of fused-ring (bicyclic) bond motifs is 1. The van der Waals surface area contributed by atoms with Crippen molar-refractivity contribution < 1.29 is 18.7 Å². The molecule has 2 aliphatic heterocycles. The maximum Gasteiger partial charge on any atom is 0.249 e. The molecule has 0 unspecified atom stereocenters. The molecule has 2 aliphatic rings. The number of hydrogen-bond donors (Lipinski definition) is 1. The number of ether oxygens (including phenoxy) is 2. The summed E-state index contributed by atoms with van der Waals surface area (Å²) in [5.74, 6) is 2.19. The van der Waals surface area contributed by atoms with Gasteiger partial charge in [-0.05, 0) is 31.0 Å². The van der Waals surface area contributed by atoms with Crippen molar-refractivity contribution in [3.8, 4) is 5.75 Å². The molecule has 0 saturated carbocycles. The molecule has 0 spiro atoms. The van der Waals surface area contributed by atoms with Crippen molar-refractivity contribution in [1.29, 1.82) is 0 Å². The van der Waals surface area contributed by atoms with Gasteiger partial charge < -0.3 is 19.4 Å². The number of aromatic nitrogens is 3. The molecule has 1 N–H and O–H groups in total. The summed E-state index contributed by atoms with van der Waals surface area (Å²) in [4.78, 5) is 14.3. The van der Waals surface area contributed by atoms with Gasteiger partial charge in [-0.2, -0.15) is 0 Å². The predicted octanol–water partition coefficient (Wildman–Crippen LogP) is 1.32. The number of rotatable bonds is 7. The average molecular weight is 417 g/mol. The Kier molecular flexibility index (Phi) is 6.59. The molecule has 9 heteroatoms. The summed E-state index contributed by atoms with van der Waals surface area (Å²) in [5, 5.41) is 11.6. The van der Waals surface area contributed by atoms with E-state index >= 15 is 0 Å². The molecule has 30 heavy (non-hydrogen) atoms. The molecule has 0 aliphatic carbocycles. The van der Waals surface area contributed by atoms with Gasteiger partial charge in [-0.25, -0.2) is 4.39 Å². The highest BCUT2D eigenvalue weighted by atomic mass is 19.1.